The van der Waals surface area contributed by atoms with Crippen molar-refractivity contribution in [1.29, 1.82) is 0 Å². The van der Waals surface area contributed by atoms with Crippen molar-refractivity contribution in [3.05, 3.63) is 130 Å². The predicted molar refractivity (Wildman–Crippen MR) is 163 cm³/mol. The van der Waals surface area contributed by atoms with Crippen LogP contribution in [-0.2, 0) is 11.0 Å². The summed E-state index contributed by atoms with van der Waals surface area (Å²) in [4.78, 5) is 0. The lowest BCUT2D eigenvalue weighted by molar-refractivity contribution is 0.163. The van der Waals surface area contributed by atoms with Gasteiger partial charge in [0, 0.05) is 27.5 Å². The van der Waals surface area contributed by atoms with Gasteiger partial charge in [-0.1, -0.05) is 86.2 Å². The van der Waals surface area contributed by atoms with E-state index in [0.29, 0.717) is 0 Å². The Morgan fingerprint density at radius 3 is 2.12 bits per heavy atom. The van der Waals surface area contributed by atoms with Crippen LogP contribution in [-0.4, -0.2) is 14.2 Å². The third-order valence-corrected chi connectivity index (χ3v) is 8.72. The second-order valence-corrected chi connectivity index (χ2v) is 11.3. The topological polar surface area (TPSA) is 27.7 Å². The summed E-state index contributed by atoms with van der Waals surface area (Å²) >= 11 is 0. The van der Waals surface area contributed by atoms with Crippen molar-refractivity contribution in [2.24, 2.45) is 0 Å². The van der Waals surface area contributed by atoms with Gasteiger partial charge in [-0.05, 0) is 71.0 Å². The molecule has 0 amide bonds. The fourth-order valence-corrected chi connectivity index (χ4v) is 6.71. The zero-order chi connectivity index (χ0) is 27.6. The molecule has 198 valence electrons. The van der Waals surface area contributed by atoms with Crippen LogP contribution in [0, 0.1) is 6.92 Å². The minimum atomic E-state index is -0.787. The molecule has 3 nitrogen and oxygen atoms in total. The van der Waals surface area contributed by atoms with Gasteiger partial charge in [0.1, 0.15) is 17.2 Å². The highest BCUT2D eigenvalue weighted by Crippen LogP contribution is 2.58. The average molecular weight is 525 g/mol. The number of hydrogen-bond donors (Lipinski definition) is 0. The molecule has 1 unspecified atom stereocenters. The maximum atomic E-state index is 7.34. The molecule has 1 aliphatic carbocycles. The van der Waals surface area contributed by atoms with Crippen molar-refractivity contribution in [1.82, 2.24) is 0 Å². The summed E-state index contributed by atoms with van der Waals surface area (Å²) in [5.41, 5.74) is 8.60. The molecule has 1 atom stereocenters. The molecule has 40 heavy (non-hydrogen) atoms. The molecule has 2 aliphatic rings. The number of methoxy groups -OCH3 is 2. The molecular weight excluding hydrogens is 492 g/mol. The van der Waals surface area contributed by atoms with E-state index in [2.05, 4.69) is 106 Å². The third-order valence-electron chi connectivity index (χ3n) is 8.72. The first-order valence-corrected chi connectivity index (χ1v) is 13.8. The highest BCUT2D eigenvalue weighted by atomic mass is 16.5. The van der Waals surface area contributed by atoms with E-state index < -0.39 is 5.60 Å². The third kappa shape index (κ3) is 3.37. The maximum Gasteiger partial charge on any atom is 0.178 e. The molecule has 5 aromatic rings. The van der Waals surface area contributed by atoms with Gasteiger partial charge in [-0.25, -0.2) is 0 Å². The molecule has 7 rings (SSSR count). The van der Waals surface area contributed by atoms with E-state index in [0.717, 1.165) is 39.3 Å². The molecule has 0 saturated heterocycles. The Hall–Kier alpha value is -4.50. The van der Waals surface area contributed by atoms with Crippen LogP contribution < -0.4 is 14.2 Å². The Kier molecular flexibility index (Phi) is 5.37. The van der Waals surface area contributed by atoms with Crippen LogP contribution in [0.5, 0.6) is 17.2 Å². The number of fused-ring (bicyclic) bond motifs is 8. The molecule has 0 radical (unpaired) electrons. The first-order valence-electron chi connectivity index (χ1n) is 13.8. The van der Waals surface area contributed by atoms with Crippen molar-refractivity contribution < 1.29 is 14.2 Å². The van der Waals surface area contributed by atoms with Gasteiger partial charge in [-0.2, -0.15) is 0 Å². The van der Waals surface area contributed by atoms with Gasteiger partial charge in [0.15, 0.2) is 5.60 Å². The highest BCUT2D eigenvalue weighted by Gasteiger charge is 2.44. The second-order valence-electron chi connectivity index (χ2n) is 11.3. The molecule has 3 heteroatoms. The monoisotopic (exact) mass is 524 g/mol. The number of aryl methyl sites for hydroxylation is 1. The highest BCUT2D eigenvalue weighted by molar-refractivity contribution is 6.08. The molecule has 0 spiro atoms. The van der Waals surface area contributed by atoms with E-state index in [1.807, 2.05) is 18.2 Å². The van der Waals surface area contributed by atoms with E-state index >= 15 is 0 Å². The molecule has 0 bridgehead atoms. The molecule has 0 aromatic heterocycles. The smallest absolute Gasteiger partial charge is 0.178 e. The van der Waals surface area contributed by atoms with Crippen LogP contribution in [0.2, 0.25) is 0 Å². The summed E-state index contributed by atoms with van der Waals surface area (Å²) in [6.07, 6.45) is 4.52. The molecule has 0 N–H and O–H groups in total. The first-order chi connectivity index (χ1) is 19.4. The predicted octanol–water partition coefficient (Wildman–Crippen LogP) is 8.82. The number of ether oxygens (including phenoxy) is 3. The zero-order valence-corrected chi connectivity index (χ0v) is 23.5. The molecule has 5 aromatic carbocycles. The van der Waals surface area contributed by atoms with Gasteiger partial charge in [0.2, 0.25) is 0 Å². The minimum absolute atomic E-state index is 0.233. The van der Waals surface area contributed by atoms with E-state index in [-0.39, 0.29) is 5.41 Å². The van der Waals surface area contributed by atoms with Gasteiger partial charge >= 0.3 is 0 Å². The number of hydrogen-bond acceptors (Lipinski definition) is 3. The van der Waals surface area contributed by atoms with E-state index in [9.17, 15) is 0 Å². The summed E-state index contributed by atoms with van der Waals surface area (Å²) in [6.45, 7) is 6.77. The van der Waals surface area contributed by atoms with Crippen LogP contribution in [0.15, 0.2) is 97.1 Å². The SMILES string of the molecule is COc1ccc(C2(c3ccccc3)C=Cc3c4c(c5ccc(C)cc5c3O2)-c2ccc(OC)cc2C4(C)C)cc1. The second kappa shape index (κ2) is 8.76. The van der Waals surface area contributed by atoms with Gasteiger partial charge in [0.05, 0.1) is 14.2 Å². The van der Waals surface area contributed by atoms with Crippen LogP contribution in [0.1, 0.15) is 47.2 Å². The van der Waals surface area contributed by atoms with Crippen LogP contribution in [0.4, 0.5) is 0 Å². The fourth-order valence-electron chi connectivity index (χ4n) is 6.71. The molecule has 1 heterocycles. The van der Waals surface area contributed by atoms with Crippen LogP contribution >= 0.6 is 0 Å². The van der Waals surface area contributed by atoms with Crippen molar-refractivity contribution in [3.63, 3.8) is 0 Å². The lowest BCUT2D eigenvalue weighted by atomic mass is 9.76. The van der Waals surface area contributed by atoms with Gasteiger partial charge in [-0.3, -0.25) is 0 Å². The normalized spacial score (nSPS) is 18.0. The molecule has 0 fully saturated rings. The van der Waals surface area contributed by atoms with Crippen molar-refractivity contribution in [2.45, 2.75) is 31.8 Å². The lowest BCUT2D eigenvalue weighted by Crippen LogP contribution is -2.35. The van der Waals surface area contributed by atoms with Crippen molar-refractivity contribution >= 4 is 16.8 Å². The Morgan fingerprint density at radius 1 is 0.700 bits per heavy atom. The van der Waals surface area contributed by atoms with Crippen molar-refractivity contribution in [2.75, 3.05) is 14.2 Å². The summed E-state index contributed by atoms with van der Waals surface area (Å²) in [5, 5.41) is 2.34. The van der Waals surface area contributed by atoms with Crippen LogP contribution in [0.25, 0.3) is 28.0 Å². The van der Waals surface area contributed by atoms with E-state index in [4.69, 9.17) is 14.2 Å². The Morgan fingerprint density at radius 2 is 1.40 bits per heavy atom. The van der Waals surface area contributed by atoms with Gasteiger partial charge < -0.3 is 14.2 Å². The molecule has 1 aliphatic heterocycles. The Bertz CT molecular complexity index is 1810. The molecule has 0 saturated carbocycles. The standard InChI is InChI=1S/C37H32O3/c1-23-11-17-28-31(21-23)35-30(34-33(28)29-18-16-27(39-5)22-32(29)36(34,2)3)19-20-37(40-35,24-9-7-6-8-10-24)25-12-14-26(38-4)15-13-25/h6-22H,1-5H3. The van der Waals surface area contributed by atoms with Crippen LogP contribution in [0.3, 0.4) is 0 Å². The zero-order valence-electron chi connectivity index (χ0n) is 23.5. The van der Waals surface area contributed by atoms with Gasteiger partial charge in [-0.15, -0.1) is 0 Å². The van der Waals surface area contributed by atoms with Gasteiger partial charge in [0.25, 0.3) is 0 Å². The summed E-state index contributed by atoms with van der Waals surface area (Å²) in [7, 11) is 3.43. The largest absolute Gasteiger partial charge is 0.497 e. The summed E-state index contributed by atoms with van der Waals surface area (Å²) in [5.74, 6) is 2.62. The quantitative estimate of drug-likeness (QED) is 0.235. The Labute approximate surface area is 235 Å². The lowest BCUT2D eigenvalue weighted by Gasteiger charge is -2.38. The minimum Gasteiger partial charge on any atom is -0.497 e. The molecular formula is C37H32O3. The van der Waals surface area contributed by atoms with E-state index in [1.54, 1.807) is 14.2 Å². The summed E-state index contributed by atoms with van der Waals surface area (Å²) < 4.78 is 18.5. The number of benzene rings is 5. The van der Waals surface area contributed by atoms with Crippen molar-refractivity contribution in [3.8, 4) is 28.4 Å². The fraction of sp³-hybridized carbons (Fsp3) is 0.189. The maximum absolute atomic E-state index is 7.34. The van der Waals surface area contributed by atoms with E-state index in [1.165, 1.54) is 33.2 Å². The average Bonchev–Trinajstić information content (AvgIpc) is 3.23. The summed E-state index contributed by atoms with van der Waals surface area (Å²) in [6, 6.07) is 31.9. The first kappa shape index (κ1) is 24.5. The Balaban J connectivity index is 1.55. The number of rotatable bonds is 4.